The van der Waals surface area contributed by atoms with Crippen LogP contribution >= 0.6 is 11.8 Å². The molecule has 1 heterocycles. The van der Waals surface area contributed by atoms with Crippen LogP contribution in [0.3, 0.4) is 0 Å². The zero-order valence-corrected chi connectivity index (χ0v) is 22.1. The third-order valence-electron chi connectivity index (χ3n) is 5.44. The van der Waals surface area contributed by atoms with Gasteiger partial charge in [-0.1, -0.05) is 48.2 Å². The number of amides is 1. The van der Waals surface area contributed by atoms with Gasteiger partial charge in [0.15, 0.2) is 32.3 Å². The molecule has 1 N–H and O–H groups in total. The number of thioether (sulfide) groups is 1. The molecule has 0 aliphatic carbocycles. The van der Waals surface area contributed by atoms with Gasteiger partial charge in [-0.15, -0.1) is 10.2 Å². The van der Waals surface area contributed by atoms with Crippen LogP contribution in [0.1, 0.15) is 12.7 Å². The fraction of sp³-hybridized carbons (Fsp3) is 0.192. The summed E-state index contributed by atoms with van der Waals surface area (Å²) in [6.07, 6.45) is 0. The highest BCUT2D eigenvalue weighted by atomic mass is 32.2. The highest BCUT2D eigenvalue weighted by Gasteiger charge is 2.25. The summed E-state index contributed by atoms with van der Waals surface area (Å²) < 4.78 is 38.3. The largest absolute Gasteiger partial charge is 0.493 e. The summed E-state index contributed by atoms with van der Waals surface area (Å²) in [7, 11) is -0.602. The van der Waals surface area contributed by atoms with Gasteiger partial charge in [0.1, 0.15) is 5.75 Å². The Bertz CT molecular complexity index is 1480. The number of ether oxygens (including phenoxy) is 2. The summed E-state index contributed by atoms with van der Waals surface area (Å²) in [5.41, 5.74) is 1.25. The van der Waals surface area contributed by atoms with Gasteiger partial charge >= 0.3 is 0 Å². The third-order valence-corrected chi connectivity index (χ3v) is 8.11. The SMILES string of the molecule is COc1ccc(NC(=O)C(C)Sc2nnc(CS(=O)(=O)c3ccccc3)n2-c2ccccc2)cc1OC. The first-order chi connectivity index (χ1) is 17.8. The van der Waals surface area contributed by atoms with Crippen molar-refractivity contribution in [3.63, 3.8) is 0 Å². The Morgan fingerprint density at radius 1 is 0.946 bits per heavy atom. The molecule has 11 heteroatoms. The number of hydrogen-bond acceptors (Lipinski definition) is 8. The molecule has 0 aliphatic heterocycles. The van der Waals surface area contributed by atoms with Crippen LogP contribution in [0.5, 0.6) is 11.5 Å². The van der Waals surface area contributed by atoms with E-state index in [1.807, 2.05) is 30.3 Å². The number of para-hydroxylation sites is 1. The fourth-order valence-electron chi connectivity index (χ4n) is 3.56. The van der Waals surface area contributed by atoms with Gasteiger partial charge in [-0.25, -0.2) is 8.42 Å². The molecule has 3 aromatic carbocycles. The van der Waals surface area contributed by atoms with Crippen LogP contribution in [0.15, 0.2) is 88.9 Å². The normalized spacial score (nSPS) is 12.1. The lowest BCUT2D eigenvalue weighted by Gasteiger charge is -2.15. The molecule has 0 aliphatic rings. The number of benzene rings is 3. The average Bonchev–Trinajstić information content (AvgIpc) is 3.30. The number of carbonyl (C=O) groups excluding carboxylic acids is 1. The van der Waals surface area contributed by atoms with Crippen LogP contribution in [0.25, 0.3) is 5.69 Å². The molecule has 0 bridgehead atoms. The number of aromatic nitrogens is 3. The van der Waals surface area contributed by atoms with E-state index in [2.05, 4.69) is 15.5 Å². The van der Waals surface area contributed by atoms with Gasteiger partial charge < -0.3 is 14.8 Å². The van der Waals surface area contributed by atoms with Crippen molar-refractivity contribution in [2.24, 2.45) is 0 Å². The van der Waals surface area contributed by atoms with E-state index >= 15 is 0 Å². The quantitative estimate of drug-likeness (QED) is 0.296. The number of carbonyl (C=O) groups is 1. The highest BCUT2D eigenvalue weighted by Crippen LogP contribution is 2.31. The molecule has 192 valence electrons. The van der Waals surface area contributed by atoms with Crippen molar-refractivity contribution in [1.29, 1.82) is 0 Å². The topological polar surface area (TPSA) is 112 Å². The number of nitrogens with one attached hydrogen (secondary N) is 1. The van der Waals surface area contributed by atoms with Crippen LogP contribution in [0.2, 0.25) is 0 Å². The standard InChI is InChI=1S/C26H26N4O5S2/c1-18(25(31)27-19-14-15-22(34-2)23(16-19)35-3)36-26-29-28-24(30(26)20-10-6-4-7-11-20)17-37(32,33)21-12-8-5-9-13-21/h4-16,18H,17H2,1-3H3,(H,27,31). The summed E-state index contributed by atoms with van der Waals surface area (Å²) in [4.78, 5) is 13.2. The molecule has 1 atom stereocenters. The lowest BCUT2D eigenvalue weighted by molar-refractivity contribution is -0.115. The number of rotatable bonds is 10. The van der Waals surface area contributed by atoms with Crippen molar-refractivity contribution in [2.45, 2.75) is 28.0 Å². The number of methoxy groups -OCH3 is 2. The van der Waals surface area contributed by atoms with E-state index < -0.39 is 15.1 Å². The van der Waals surface area contributed by atoms with Gasteiger partial charge in [-0.05, 0) is 43.3 Å². The van der Waals surface area contributed by atoms with Crippen molar-refractivity contribution in [1.82, 2.24) is 14.8 Å². The first-order valence-corrected chi connectivity index (χ1v) is 13.8. The van der Waals surface area contributed by atoms with Crippen molar-refractivity contribution < 1.29 is 22.7 Å². The number of nitrogens with zero attached hydrogens (tertiary/aromatic N) is 3. The minimum atomic E-state index is -3.66. The van der Waals surface area contributed by atoms with Crippen LogP contribution in [0.4, 0.5) is 5.69 Å². The van der Waals surface area contributed by atoms with E-state index in [9.17, 15) is 13.2 Å². The van der Waals surface area contributed by atoms with E-state index in [4.69, 9.17) is 9.47 Å². The van der Waals surface area contributed by atoms with Gasteiger partial charge in [0, 0.05) is 17.4 Å². The molecule has 37 heavy (non-hydrogen) atoms. The monoisotopic (exact) mass is 538 g/mol. The van der Waals surface area contributed by atoms with Crippen molar-refractivity contribution in [3.05, 3.63) is 84.7 Å². The van der Waals surface area contributed by atoms with E-state index in [1.165, 1.54) is 26.0 Å². The molecular formula is C26H26N4O5S2. The molecule has 1 amide bonds. The molecular weight excluding hydrogens is 512 g/mol. The van der Waals surface area contributed by atoms with E-state index in [-0.39, 0.29) is 22.4 Å². The van der Waals surface area contributed by atoms with Crippen LogP contribution in [0, 0.1) is 0 Å². The van der Waals surface area contributed by atoms with E-state index in [0.29, 0.717) is 28.0 Å². The Balaban J connectivity index is 1.59. The van der Waals surface area contributed by atoms with Gasteiger partial charge in [-0.3, -0.25) is 9.36 Å². The maximum absolute atomic E-state index is 13.1. The minimum Gasteiger partial charge on any atom is -0.493 e. The fourth-order valence-corrected chi connectivity index (χ4v) is 5.71. The van der Waals surface area contributed by atoms with E-state index in [1.54, 1.807) is 60.0 Å². The molecule has 0 spiro atoms. The predicted molar refractivity (Wildman–Crippen MR) is 142 cm³/mol. The maximum atomic E-state index is 13.1. The Morgan fingerprint density at radius 3 is 2.24 bits per heavy atom. The summed E-state index contributed by atoms with van der Waals surface area (Å²) in [5.74, 6) is 0.694. The highest BCUT2D eigenvalue weighted by molar-refractivity contribution is 8.00. The molecule has 9 nitrogen and oxygen atoms in total. The Kier molecular flexibility index (Phi) is 8.14. The van der Waals surface area contributed by atoms with Crippen LogP contribution in [-0.4, -0.2) is 48.6 Å². The molecule has 1 unspecified atom stereocenters. The van der Waals surface area contributed by atoms with Gasteiger partial charge in [0.25, 0.3) is 0 Å². The summed E-state index contributed by atoms with van der Waals surface area (Å²) >= 11 is 1.18. The molecule has 1 aromatic heterocycles. The summed E-state index contributed by atoms with van der Waals surface area (Å²) in [5, 5.41) is 11.1. The zero-order chi connectivity index (χ0) is 26.4. The van der Waals surface area contributed by atoms with Gasteiger partial charge in [0.05, 0.1) is 24.4 Å². The number of hydrogen-bond donors (Lipinski definition) is 1. The van der Waals surface area contributed by atoms with Gasteiger partial charge in [0.2, 0.25) is 5.91 Å². The van der Waals surface area contributed by atoms with Crippen LogP contribution < -0.4 is 14.8 Å². The van der Waals surface area contributed by atoms with Crippen molar-refractivity contribution in [2.75, 3.05) is 19.5 Å². The second kappa shape index (κ2) is 11.5. The Hall–Kier alpha value is -3.83. The average molecular weight is 539 g/mol. The molecule has 0 radical (unpaired) electrons. The van der Waals surface area contributed by atoms with Gasteiger partial charge in [-0.2, -0.15) is 0 Å². The summed E-state index contributed by atoms with van der Waals surface area (Å²) in [6.45, 7) is 1.74. The second-order valence-electron chi connectivity index (χ2n) is 7.96. The third kappa shape index (κ3) is 6.12. The Morgan fingerprint density at radius 2 is 1.59 bits per heavy atom. The van der Waals surface area contributed by atoms with Crippen LogP contribution in [-0.2, 0) is 20.4 Å². The van der Waals surface area contributed by atoms with Crippen molar-refractivity contribution in [3.8, 4) is 17.2 Å². The number of sulfone groups is 1. The zero-order valence-electron chi connectivity index (χ0n) is 20.5. The number of anilines is 1. The van der Waals surface area contributed by atoms with Crippen molar-refractivity contribution >= 4 is 33.2 Å². The lowest BCUT2D eigenvalue weighted by Crippen LogP contribution is -2.23. The molecule has 4 rings (SSSR count). The molecule has 0 fully saturated rings. The molecule has 0 saturated carbocycles. The summed E-state index contributed by atoms with van der Waals surface area (Å²) in [6, 6.07) is 22.5. The molecule has 0 saturated heterocycles. The first kappa shape index (κ1) is 26.2. The smallest absolute Gasteiger partial charge is 0.237 e. The lowest BCUT2D eigenvalue weighted by atomic mass is 10.2. The minimum absolute atomic E-state index is 0.203. The maximum Gasteiger partial charge on any atom is 0.237 e. The Labute approximate surface area is 219 Å². The molecule has 4 aromatic rings. The van der Waals surface area contributed by atoms with E-state index in [0.717, 1.165) is 0 Å². The predicted octanol–water partition coefficient (Wildman–Crippen LogP) is 4.38. The first-order valence-electron chi connectivity index (χ1n) is 11.3. The second-order valence-corrected chi connectivity index (χ2v) is 11.3.